The molecular formula is C13H19FN2O. The monoisotopic (exact) mass is 238 g/mol. The average Bonchev–Trinajstić information content (AvgIpc) is 2.36. The van der Waals surface area contributed by atoms with E-state index in [1.54, 1.807) is 0 Å². The van der Waals surface area contributed by atoms with Crippen LogP contribution >= 0.6 is 0 Å². The van der Waals surface area contributed by atoms with E-state index in [2.05, 4.69) is 10.3 Å². The normalized spacial score (nSPS) is 11.3. The van der Waals surface area contributed by atoms with Crippen molar-refractivity contribution in [3.8, 4) is 0 Å². The SMILES string of the molecule is CCC(CC)(CC)NC(=O)c1cccc(F)n1. The Balaban J connectivity index is 2.84. The van der Waals surface area contributed by atoms with Crippen molar-refractivity contribution < 1.29 is 9.18 Å². The lowest BCUT2D eigenvalue weighted by Gasteiger charge is -2.31. The number of pyridine rings is 1. The zero-order chi connectivity index (χ0) is 12.9. The summed E-state index contributed by atoms with van der Waals surface area (Å²) >= 11 is 0. The average molecular weight is 238 g/mol. The Morgan fingerprint density at radius 1 is 1.29 bits per heavy atom. The maximum absolute atomic E-state index is 12.9. The summed E-state index contributed by atoms with van der Waals surface area (Å²) in [6.45, 7) is 6.10. The van der Waals surface area contributed by atoms with Crippen LogP contribution in [0.4, 0.5) is 4.39 Å². The van der Waals surface area contributed by atoms with Gasteiger partial charge in [0.15, 0.2) is 0 Å². The summed E-state index contributed by atoms with van der Waals surface area (Å²) in [5.41, 5.74) is -0.0878. The Kier molecular flexibility index (Phi) is 4.61. The molecule has 0 bridgehead atoms. The fourth-order valence-electron chi connectivity index (χ4n) is 1.85. The van der Waals surface area contributed by atoms with Gasteiger partial charge < -0.3 is 5.32 Å². The first-order chi connectivity index (χ1) is 8.06. The molecule has 0 saturated heterocycles. The quantitative estimate of drug-likeness (QED) is 0.801. The molecule has 1 aromatic rings. The van der Waals surface area contributed by atoms with Crippen molar-refractivity contribution in [2.75, 3.05) is 0 Å². The molecule has 94 valence electrons. The lowest BCUT2D eigenvalue weighted by molar-refractivity contribution is 0.0882. The molecule has 0 aromatic carbocycles. The highest BCUT2D eigenvalue weighted by molar-refractivity contribution is 5.92. The van der Waals surface area contributed by atoms with Gasteiger partial charge in [-0.3, -0.25) is 4.79 Å². The lowest BCUT2D eigenvalue weighted by Crippen LogP contribution is -2.47. The smallest absolute Gasteiger partial charge is 0.270 e. The Labute approximate surface area is 101 Å². The van der Waals surface area contributed by atoms with Crippen LogP contribution in [0.3, 0.4) is 0 Å². The molecule has 0 saturated carbocycles. The third kappa shape index (κ3) is 3.25. The van der Waals surface area contributed by atoms with Gasteiger partial charge >= 0.3 is 0 Å². The number of aromatic nitrogens is 1. The molecule has 0 fully saturated rings. The minimum Gasteiger partial charge on any atom is -0.345 e. The first kappa shape index (κ1) is 13.6. The summed E-state index contributed by atoms with van der Waals surface area (Å²) in [4.78, 5) is 15.5. The van der Waals surface area contributed by atoms with E-state index >= 15 is 0 Å². The van der Waals surface area contributed by atoms with Gasteiger partial charge in [0.25, 0.3) is 5.91 Å². The predicted molar refractivity (Wildman–Crippen MR) is 65.3 cm³/mol. The molecule has 1 amide bonds. The third-order valence-corrected chi connectivity index (χ3v) is 3.36. The van der Waals surface area contributed by atoms with Gasteiger partial charge in [-0.05, 0) is 31.4 Å². The Bertz CT molecular complexity index is 380. The lowest BCUT2D eigenvalue weighted by atomic mass is 9.89. The summed E-state index contributed by atoms with van der Waals surface area (Å²) in [7, 11) is 0. The van der Waals surface area contributed by atoms with Crippen molar-refractivity contribution in [1.82, 2.24) is 10.3 Å². The standard InChI is InChI=1S/C13H19FN2O/c1-4-13(5-2,6-3)16-12(17)10-8-7-9-11(14)15-10/h7-9H,4-6H2,1-3H3,(H,16,17). The number of nitrogens with zero attached hydrogens (tertiary/aromatic N) is 1. The second kappa shape index (κ2) is 5.75. The van der Waals surface area contributed by atoms with Crippen molar-refractivity contribution in [1.29, 1.82) is 0 Å². The number of carbonyl (C=O) groups is 1. The van der Waals surface area contributed by atoms with Gasteiger partial charge in [-0.15, -0.1) is 0 Å². The predicted octanol–water partition coefficient (Wildman–Crippen LogP) is 2.92. The topological polar surface area (TPSA) is 42.0 Å². The van der Waals surface area contributed by atoms with Crippen molar-refractivity contribution in [2.45, 2.75) is 45.6 Å². The van der Waals surface area contributed by atoms with Gasteiger partial charge in [-0.2, -0.15) is 4.39 Å². The molecule has 0 spiro atoms. The zero-order valence-corrected chi connectivity index (χ0v) is 10.6. The molecule has 1 aromatic heterocycles. The fraction of sp³-hybridized carbons (Fsp3) is 0.538. The first-order valence-electron chi connectivity index (χ1n) is 6.02. The van der Waals surface area contributed by atoms with E-state index in [0.29, 0.717) is 0 Å². The van der Waals surface area contributed by atoms with Crippen molar-refractivity contribution >= 4 is 5.91 Å². The maximum Gasteiger partial charge on any atom is 0.270 e. The number of halogens is 1. The molecule has 4 heteroatoms. The summed E-state index contributed by atoms with van der Waals surface area (Å²) in [5, 5.41) is 2.95. The molecule has 1 N–H and O–H groups in total. The Morgan fingerprint density at radius 2 is 1.88 bits per heavy atom. The molecule has 3 nitrogen and oxygen atoms in total. The van der Waals surface area contributed by atoms with Gasteiger partial charge in [-0.25, -0.2) is 4.98 Å². The fourth-order valence-corrected chi connectivity index (χ4v) is 1.85. The summed E-state index contributed by atoms with van der Waals surface area (Å²) in [6, 6.07) is 4.23. The van der Waals surface area contributed by atoms with Crippen molar-refractivity contribution in [3.05, 3.63) is 29.8 Å². The van der Waals surface area contributed by atoms with Crippen LogP contribution in [0.2, 0.25) is 0 Å². The second-order valence-corrected chi connectivity index (χ2v) is 4.14. The van der Waals surface area contributed by atoms with Crippen LogP contribution in [0, 0.1) is 5.95 Å². The zero-order valence-electron chi connectivity index (χ0n) is 10.6. The minimum absolute atomic E-state index is 0.129. The van der Waals surface area contributed by atoms with Crippen LogP contribution in [0.5, 0.6) is 0 Å². The number of hydrogen-bond donors (Lipinski definition) is 1. The van der Waals surface area contributed by atoms with E-state index < -0.39 is 5.95 Å². The molecule has 1 rings (SSSR count). The summed E-state index contributed by atoms with van der Waals surface area (Å²) in [5.74, 6) is -0.942. The van der Waals surface area contributed by atoms with Crippen LogP contribution in [-0.4, -0.2) is 16.4 Å². The highest BCUT2D eigenvalue weighted by Crippen LogP contribution is 2.19. The number of rotatable bonds is 5. The minimum atomic E-state index is -0.632. The van der Waals surface area contributed by atoms with E-state index in [-0.39, 0.29) is 17.1 Å². The van der Waals surface area contributed by atoms with Crippen LogP contribution in [0.25, 0.3) is 0 Å². The highest BCUT2D eigenvalue weighted by atomic mass is 19.1. The Morgan fingerprint density at radius 3 is 2.35 bits per heavy atom. The first-order valence-corrected chi connectivity index (χ1v) is 6.02. The number of carbonyl (C=O) groups excluding carboxylic acids is 1. The van der Waals surface area contributed by atoms with E-state index in [0.717, 1.165) is 19.3 Å². The molecule has 0 aliphatic rings. The Hall–Kier alpha value is -1.45. The van der Waals surface area contributed by atoms with Gasteiger partial charge in [0, 0.05) is 5.54 Å². The summed E-state index contributed by atoms with van der Waals surface area (Å²) in [6.07, 6.45) is 2.54. The molecule has 0 atom stereocenters. The van der Waals surface area contributed by atoms with Gasteiger partial charge in [0.05, 0.1) is 0 Å². The number of hydrogen-bond acceptors (Lipinski definition) is 2. The van der Waals surface area contributed by atoms with E-state index in [4.69, 9.17) is 0 Å². The molecule has 0 aliphatic heterocycles. The molecular weight excluding hydrogens is 219 g/mol. The van der Waals surface area contributed by atoms with Crippen LogP contribution in [0.15, 0.2) is 18.2 Å². The van der Waals surface area contributed by atoms with Gasteiger partial charge in [0.2, 0.25) is 5.95 Å². The van der Waals surface area contributed by atoms with Crippen LogP contribution in [-0.2, 0) is 0 Å². The largest absolute Gasteiger partial charge is 0.345 e. The van der Waals surface area contributed by atoms with Gasteiger partial charge in [-0.1, -0.05) is 26.8 Å². The van der Waals surface area contributed by atoms with Crippen LogP contribution < -0.4 is 5.32 Å². The van der Waals surface area contributed by atoms with E-state index in [1.165, 1.54) is 18.2 Å². The molecule has 0 unspecified atom stereocenters. The molecule has 1 heterocycles. The van der Waals surface area contributed by atoms with Crippen molar-refractivity contribution in [3.63, 3.8) is 0 Å². The molecule has 0 aliphatic carbocycles. The second-order valence-electron chi connectivity index (χ2n) is 4.14. The highest BCUT2D eigenvalue weighted by Gasteiger charge is 2.26. The third-order valence-electron chi connectivity index (χ3n) is 3.36. The van der Waals surface area contributed by atoms with E-state index in [9.17, 15) is 9.18 Å². The van der Waals surface area contributed by atoms with Crippen molar-refractivity contribution in [2.24, 2.45) is 0 Å². The molecule has 17 heavy (non-hydrogen) atoms. The van der Waals surface area contributed by atoms with Crippen LogP contribution in [0.1, 0.15) is 50.5 Å². The van der Waals surface area contributed by atoms with Gasteiger partial charge in [0.1, 0.15) is 5.69 Å². The number of amides is 1. The molecule has 0 radical (unpaired) electrons. The maximum atomic E-state index is 12.9. The summed E-state index contributed by atoms with van der Waals surface area (Å²) < 4.78 is 12.9. The van der Waals surface area contributed by atoms with E-state index in [1.807, 2.05) is 20.8 Å². The number of nitrogens with one attached hydrogen (secondary N) is 1.